The van der Waals surface area contributed by atoms with Gasteiger partial charge in [-0.3, -0.25) is 14.5 Å². The highest BCUT2D eigenvalue weighted by atomic mass is 32.2. The third-order valence-electron chi connectivity index (χ3n) is 5.22. The number of anilines is 1. The molecule has 1 aromatic heterocycles. The maximum absolute atomic E-state index is 12.5. The zero-order chi connectivity index (χ0) is 22.1. The van der Waals surface area contributed by atoms with Crippen molar-refractivity contribution in [2.45, 2.75) is 25.7 Å². The number of hydrogen-bond donors (Lipinski definition) is 2. The lowest BCUT2D eigenvalue weighted by Gasteiger charge is -2.33. The van der Waals surface area contributed by atoms with Crippen molar-refractivity contribution in [3.63, 3.8) is 0 Å². The topological polar surface area (TPSA) is 126 Å². The fourth-order valence-electron chi connectivity index (χ4n) is 3.33. The first kappa shape index (κ1) is 22.0. The fourth-order valence-corrected chi connectivity index (χ4v) is 3.95. The average molecular weight is 435 g/mol. The average Bonchev–Trinajstić information content (AvgIpc) is 3.11. The van der Waals surface area contributed by atoms with Gasteiger partial charge in [-0.1, -0.05) is 0 Å². The van der Waals surface area contributed by atoms with Gasteiger partial charge in [0.1, 0.15) is 5.76 Å². The molecular weight excluding hydrogens is 408 g/mol. The van der Waals surface area contributed by atoms with E-state index in [1.165, 1.54) is 12.1 Å². The summed E-state index contributed by atoms with van der Waals surface area (Å²) in [5, 5.41) is 8.00. The summed E-state index contributed by atoms with van der Waals surface area (Å²) in [7, 11) is -3.87. The van der Waals surface area contributed by atoms with Crippen LogP contribution in [-0.4, -0.2) is 62.8 Å². The van der Waals surface area contributed by atoms with Gasteiger partial charge in [-0.15, -0.1) is 0 Å². The van der Waals surface area contributed by atoms with Crippen LogP contribution in [0.4, 0.5) is 5.69 Å². The van der Waals surface area contributed by atoms with Crippen LogP contribution in [0, 0.1) is 20.8 Å². The quantitative estimate of drug-likeness (QED) is 0.729. The maximum atomic E-state index is 12.5. The summed E-state index contributed by atoms with van der Waals surface area (Å²) < 4.78 is 28.7. The van der Waals surface area contributed by atoms with E-state index in [0.717, 1.165) is 11.1 Å². The lowest BCUT2D eigenvalue weighted by atomic mass is 10.1. The monoisotopic (exact) mass is 434 g/mol. The highest BCUT2D eigenvalue weighted by Crippen LogP contribution is 2.23. The van der Waals surface area contributed by atoms with Crippen molar-refractivity contribution in [3.05, 3.63) is 46.9 Å². The Kier molecular flexibility index (Phi) is 6.30. The van der Waals surface area contributed by atoms with E-state index in [2.05, 4.69) is 5.32 Å². The molecule has 10 heteroatoms. The Morgan fingerprint density at radius 3 is 2.33 bits per heavy atom. The van der Waals surface area contributed by atoms with E-state index < -0.39 is 10.0 Å². The van der Waals surface area contributed by atoms with Crippen molar-refractivity contribution in [3.8, 4) is 0 Å². The van der Waals surface area contributed by atoms with Crippen molar-refractivity contribution in [2.24, 2.45) is 5.14 Å². The SMILES string of the molecule is Cc1ccc(C(=O)N2CCN(CC(=O)Nc3cc(S(N)(=O)=O)cc(C)c3C)CC2)o1. The Morgan fingerprint density at radius 2 is 1.77 bits per heavy atom. The largest absolute Gasteiger partial charge is 0.456 e. The summed E-state index contributed by atoms with van der Waals surface area (Å²) in [6, 6.07) is 6.27. The molecule has 0 saturated carbocycles. The molecule has 0 atom stereocenters. The molecule has 3 N–H and O–H groups in total. The molecule has 1 aliphatic heterocycles. The molecule has 1 fully saturated rings. The van der Waals surface area contributed by atoms with E-state index in [9.17, 15) is 18.0 Å². The smallest absolute Gasteiger partial charge is 0.289 e. The van der Waals surface area contributed by atoms with Crippen molar-refractivity contribution in [1.29, 1.82) is 0 Å². The molecule has 2 heterocycles. The van der Waals surface area contributed by atoms with Crippen molar-refractivity contribution < 1.29 is 22.4 Å². The minimum atomic E-state index is -3.87. The highest BCUT2D eigenvalue weighted by Gasteiger charge is 2.25. The summed E-state index contributed by atoms with van der Waals surface area (Å²) in [5.41, 5.74) is 1.92. The van der Waals surface area contributed by atoms with Gasteiger partial charge in [-0.2, -0.15) is 0 Å². The number of nitrogens with one attached hydrogen (secondary N) is 1. The molecule has 2 amide bonds. The number of carbonyl (C=O) groups is 2. The van der Waals surface area contributed by atoms with Crippen LogP contribution >= 0.6 is 0 Å². The fraction of sp³-hybridized carbons (Fsp3) is 0.400. The molecule has 0 unspecified atom stereocenters. The molecule has 0 bridgehead atoms. The Morgan fingerprint density at radius 1 is 1.10 bits per heavy atom. The number of nitrogens with zero attached hydrogens (tertiary/aromatic N) is 2. The van der Waals surface area contributed by atoms with Crippen LogP contribution in [0.3, 0.4) is 0 Å². The molecule has 0 spiro atoms. The first-order valence-electron chi connectivity index (χ1n) is 9.56. The number of amides is 2. The standard InChI is InChI=1S/C20H26N4O5S/c1-13-10-16(30(21,27)28)11-17(15(13)3)22-19(25)12-23-6-8-24(9-7-23)20(26)18-5-4-14(2)29-18/h4-5,10-11H,6-9,12H2,1-3H3,(H,22,25)(H2,21,27,28). The molecule has 1 aromatic carbocycles. The van der Waals surface area contributed by atoms with E-state index in [4.69, 9.17) is 9.56 Å². The van der Waals surface area contributed by atoms with Gasteiger partial charge in [0.25, 0.3) is 5.91 Å². The van der Waals surface area contributed by atoms with Gasteiger partial charge in [0.15, 0.2) is 5.76 Å². The van der Waals surface area contributed by atoms with Gasteiger partial charge in [0, 0.05) is 31.9 Å². The zero-order valence-electron chi connectivity index (χ0n) is 17.3. The molecule has 2 aromatic rings. The molecule has 0 radical (unpaired) electrons. The Bertz CT molecular complexity index is 1070. The number of primary sulfonamides is 1. The van der Waals surface area contributed by atoms with E-state index in [1.54, 1.807) is 37.8 Å². The van der Waals surface area contributed by atoms with E-state index in [1.807, 2.05) is 4.90 Å². The number of carbonyl (C=O) groups excluding carboxylic acids is 2. The van der Waals surface area contributed by atoms with Crippen molar-refractivity contribution in [1.82, 2.24) is 9.80 Å². The Labute approximate surface area is 175 Å². The molecule has 1 saturated heterocycles. The third-order valence-corrected chi connectivity index (χ3v) is 6.11. The van der Waals surface area contributed by atoms with Crippen molar-refractivity contribution in [2.75, 3.05) is 38.0 Å². The number of sulfonamides is 1. The Balaban J connectivity index is 1.58. The van der Waals surface area contributed by atoms with Gasteiger partial charge < -0.3 is 14.6 Å². The first-order valence-corrected chi connectivity index (χ1v) is 11.1. The van der Waals surface area contributed by atoms with Gasteiger partial charge in [0.2, 0.25) is 15.9 Å². The number of hydrogen-bond acceptors (Lipinski definition) is 6. The van der Waals surface area contributed by atoms with E-state index in [-0.39, 0.29) is 23.3 Å². The number of aryl methyl sites for hydroxylation is 2. The van der Waals surface area contributed by atoms with Gasteiger partial charge in [-0.05, 0) is 56.2 Å². The summed E-state index contributed by atoms with van der Waals surface area (Å²) in [5.74, 6) is 0.591. The molecule has 162 valence electrons. The summed E-state index contributed by atoms with van der Waals surface area (Å²) in [4.78, 5) is 28.6. The van der Waals surface area contributed by atoms with Crippen LogP contribution in [0.1, 0.15) is 27.4 Å². The Hall–Kier alpha value is -2.69. The van der Waals surface area contributed by atoms with E-state index in [0.29, 0.717) is 43.4 Å². The number of benzene rings is 1. The van der Waals surface area contributed by atoms with Gasteiger partial charge in [0.05, 0.1) is 11.4 Å². The third kappa shape index (κ3) is 5.07. The van der Waals surface area contributed by atoms with Gasteiger partial charge >= 0.3 is 0 Å². The summed E-state index contributed by atoms with van der Waals surface area (Å²) in [6.07, 6.45) is 0. The highest BCUT2D eigenvalue weighted by molar-refractivity contribution is 7.89. The number of nitrogens with two attached hydrogens (primary N) is 1. The first-order chi connectivity index (χ1) is 14.0. The number of rotatable bonds is 5. The van der Waals surface area contributed by atoms with Crippen molar-refractivity contribution >= 4 is 27.5 Å². The molecule has 30 heavy (non-hydrogen) atoms. The maximum Gasteiger partial charge on any atom is 0.289 e. The normalized spacial score (nSPS) is 15.3. The zero-order valence-corrected chi connectivity index (χ0v) is 18.1. The van der Waals surface area contributed by atoms with Crippen LogP contribution in [-0.2, 0) is 14.8 Å². The van der Waals surface area contributed by atoms with Crippen LogP contribution < -0.4 is 10.5 Å². The number of piperazine rings is 1. The van der Waals surface area contributed by atoms with Crippen LogP contribution in [0.5, 0.6) is 0 Å². The minimum Gasteiger partial charge on any atom is -0.456 e. The predicted octanol–water partition coefficient (Wildman–Crippen LogP) is 1.25. The molecule has 0 aliphatic carbocycles. The van der Waals surface area contributed by atoms with E-state index >= 15 is 0 Å². The lowest BCUT2D eigenvalue weighted by molar-refractivity contribution is -0.117. The predicted molar refractivity (Wildman–Crippen MR) is 112 cm³/mol. The minimum absolute atomic E-state index is 0.0406. The van der Waals surface area contributed by atoms with Crippen LogP contribution in [0.25, 0.3) is 0 Å². The number of furan rings is 1. The summed E-state index contributed by atoms with van der Waals surface area (Å²) >= 11 is 0. The van der Waals surface area contributed by atoms with Crippen LogP contribution in [0.2, 0.25) is 0 Å². The van der Waals surface area contributed by atoms with Crippen LogP contribution in [0.15, 0.2) is 33.6 Å². The summed E-state index contributed by atoms with van der Waals surface area (Å²) in [6.45, 7) is 7.57. The molecular formula is C20H26N4O5S. The second-order valence-electron chi connectivity index (χ2n) is 7.48. The van der Waals surface area contributed by atoms with Gasteiger partial charge in [-0.25, -0.2) is 13.6 Å². The lowest BCUT2D eigenvalue weighted by Crippen LogP contribution is -2.50. The molecule has 9 nitrogen and oxygen atoms in total. The second kappa shape index (κ2) is 8.58. The molecule has 1 aliphatic rings. The molecule has 3 rings (SSSR count). The second-order valence-corrected chi connectivity index (χ2v) is 9.05.